The summed E-state index contributed by atoms with van der Waals surface area (Å²) in [6.45, 7) is 1.68. The Morgan fingerprint density at radius 1 is 1.21 bits per heavy atom. The summed E-state index contributed by atoms with van der Waals surface area (Å²) in [5, 5.41) is 11.4. The average molecular weight is 457 g/mol. The molecule has 2 N–H and O–H groups in total. The van der Waals surface area contributed by atoms with Crippen LogP contribution >= 0.6 is 0 Å². The molecule has 0 saturated carbocycles. The van der Waals surface area contributed by atoms with E-state index in [1.807, 2.05) is 4.90 Å². The van der Waals surface area contributed by atoms with Crippen molar-refractivity contribution in [2.75, 3.05) is 56.2 Å². The molecule has 0 bridgehead atoms. The van der Waals surface area contributed by atoms with Crippen LogP contribution in [-0.2, 0) is 14.3 Å². The molecule has 3 amide bonds. The Labute approximate surface area is 189 Å². The summed E-state index contributed by atoms with van der Waals surface area (Å²) < 4.78 is 19.9. The number of hydrogen-bond acceptors (Lipinski definition) is 7. The molecule has 2 aliphatic heterocycles. The van der Waals surface area contributed by atoms with E-state index < -0.39 is 30.5 Å². The fourth-order valence-electron chi connectivity index (χ4n) is 3.89. The van der Waals surface area contributed by atoms with Gasteiger partial charge < -0.3 is 25.0 Å². The molecular formula is C22H24FN5O5. The maximum absolute atomic E-state index is 14.9. The van der Waals surface area contributed by atoms with Crippen molar-refractivity contribution in [3.8, 4) is 11.1 Å². The zero-order valence-electron chi connectivity index (χ0n) is 18.0. The Morgan fingerprint density at radius 2 is 1.97 bits per heavy atom. The second-order valence-corrected chi connectivity index (χ2v) is 7.69. The van der Waals surface area contributed by atoms with Crippen LogP contribution in [0.4, 0.5) is 20.7 Å². The van der Waals surface area contributed by atoms with Gasteiger partial charge in [0.25, 0.3) is 5.91 Å². The molecule has 1 atom stereocenters. The first-order valence-corrected chi connectivity index (χ1v) is 10.5. The van der Waals surface area contributed by atoms with E-state index in [1.54, 1.807) is 35.4 Å². The van der Waals surface area contributed by atoms with Gasteiger partial charge in [0.15, 0.2) is 6.10 Å². The van der Waals surface area contributed by atoms with Gasteiger partial charge >= 0.3 is 6.09 Å². The first-order valence-electron chi connectivity index (χ1n) is 10.5. The highest BCUT2D eigenvalue weighted by molar-refractivity contribution is 5.95. The predicted octanol–water partition coefficient (Wildman–Crippen LogP) is 0.600. The molecule has 3 heterocycles. The maximum Gasteiger partial charge on any atom is 0.415 e. The van der Waals surface area contributed by atoms with Crippen molar-refractivity contribution in [2.45, 2.75) is 6.10 Å². The van der Waals surface area contributed by atoms with Gasteiger partial charge in [-0.15, -0.1) is 0 Å². The van der Waals surface area contributed by atoms with E-state index in [0.717, 1.165) is 0 Å². The minimum Gasteiger partial charge on any atom is -0.434 e. The van der Waals surface area contributed by atoms with Crippen LogP contribution in [0.1, 0.15) is 0 Å². The van der Waals surface area contributed by atoms with E-state index >= 15 is 0 Å². The van der Waals surface area contributed by atoms with Crippen LogP contribution < -0.4 is 15.1 Å². The van der Waals surface area contributed by atoms with Gasteiger partial charge in [-0.2, -0.15) is 0 Å². The third-order valence-corrected chi connectivity index (χ3v) is 5.77. The molecule has 174 valence electrons. The molecule has 1 aromatic heterocycles. The number of nitrogens with one attached hydrogen (secondary N) is 1. The van der Waals surface area contributed by atoms with E-state index in [1.165, 1.54) is 18.0 Å². The number of pyridine rings is 1. The molecule has 0 unspecified atom stereocenters. The molecule has 4 rings (SSSR count). The van der Waals surface area contributed by atoms with E-state index in [-0.39, 0.29) is 12.5 Å². The van der Waals surface area contributed by atoms with Crippen molar-refractivity contribution in [3.05, 3.63) is 42.3 Å². The van der Waals surface area contributed by atoms with Crippen LogP contribution in [0.5, 0.6) is 0 Å². The van der Waals surface area contributed by atoms with Gasteiger partial charge in [0, 0.05) is 50.6 Å². The van der Waals surface area contributed by atoms with Crippen LogP contribution in [0, 0.1) is 5.82 Å². The summed E-state index contributed by atoms with van der Waals surface area (Å²) in [7, 11) is 1.45. The number of nitrogens with zero attached hydrogens (tertiary/aromatic N) is 4. The summed E-state index contributed by atoms with van der Waals surface area (Å²) in [6, 6.07) is 7.93. The number of halogens is 1. The standard InChI is InChI=1S/C22H24FN5O5/c1-24-21(31)18-12-28(22(32)33-18)15-3-4-16(17(23)10-15)14-2-5-19(25-11-14)26-6-8-27(9-7-26)20(30)13-29/h2-5,10-11,18,29H,6-9,12-13H2,1H3,(H,24,31)/t18-/m1/s1. The Kier molecular flexibility index (Phi) is 6.40. The lowest BCUT2D eigenvalue weighted by Gasteiger charge is -2.35. The molecule has 0 radical (unpaired) electrons. The fourth-order valence-corrected chi connectivity index (χ4v) is 3.89. The minimum atomic E-state index is -0.939. The molecule has 0 aliphatic carbocycles. The number of anilines is 2. The Balaban J connectivity index is 1.44. The molecule has 2 aliphatic rings. The summed E-state index contributed by atoms with van der Waals surface area (Å²) in [4.78, 5) is 44.7. The summed E-state index contributed by atoms with van der Waals surface area (Å²) in [5.41, 5.74) is 1.20. The number of likely N-dealkylation sites (N-methyl/N-ethyl adjacent to an activating group) is 1. The van der Waals surface area contributed by atoms with Crippen LogP contribution in [0.2, 0.25) is 0 Å². The number of ether oxygens (including phenoxy) is 1. The molecule has 0 spiro atoms. The van der Waals surface area contributed by atoms with Crippen molar-refractivity contribution >= 4 is 29.4 Å². The molecule has 1 aromatic carbocycles. The number of carbonyl (C=O) groups is 3. The van der Waals surface area contributed by atoms with Crippen LogP contribution in [0.15, 0.2) is 36.5 Å². The van der Waals surface area contributed by atoms with Gasteiger partial charge in [0.2, 0.25) is 5.91 Å². The van der Waals surface area contributed by atoms with E-state index in [2.05, 4.69) is 10.3 Å². The fraction of sp³-hybridized carbons (Fsp3) is 0.364. The lowest BCUT2D eigenvalue weighted by atomic mass is 10.1. The van der Waals surface area contributed by atoms with Gasteiger partial charge in [-0.25, -0.2) is 14.2 Å². The first kappa shape index (κ1) is 22.5. The molecule has 2 fully saturated rings. The number of rotatable bonds is 5. The quantitative estimate of drug-likeness (QED) is 0.676. The lowest BCUT2D eigenvalue weighted by Crippen LogP contribution is -2.49. The zero-order chi connectivity index (χ0) is 23.5. The Morgan fingerprint density at radius 3 is 2.58 bits per heavy atom. The monoisotopic (exact) mass is 457 g/mol. The molecular weight excluding hydrogens is 433 g/mol. The second-order valence-electron chi connectivity index (χ2n) is 7.69. The number of aliphatic hydroxyl groups is 1. The normalized spacial score (nSPS) is 18.3. The number of cyclic esters (lactones) is 1. The van der Waals surface area contributed by atoms with Crippen LogP contribution in [-0.4, -0.2) is 85.4 Å². The highest BCUT2D eigenvalue weighted by Crippen LogP contribution is 2.29. The largest absolute Gasteiger partial charge is 0.434 e. The first-order chi connectivity index (χ1) is 15.9. The molecule has 2 saturated heterocycles. The zero-order valence-corrected chi connectivity index (χ0v) is 18.0. The number of aromatic nitrogens is 1. The third-order valence-electron chi connectivity index (χ3n) is 5.77. The van der Waals surface area contributed by atoms with Gasteiger partial charge in [-0.1, -0.05) is 0 Å². The molecule has 2 aromatic rings. The predicted molar refractivity (Wildman–Crippen MR) is 117 cm³/mol. The number of hydrogen-bond donors (Lipinski definition) is 2. The van der Waals surface area contributed by atoms with Gasteiger partial charge in [0.1, 0.15) is 18.2 Å². The number of carbonyl (C=O) groups excluding carboxylic acids is 3. The SMILES string of the molecule is CNC(=O)[C@H]1CN(c2ccc(-c3ccc(N4CCN(C(=O)CO)CC4)nc3)c(F)c2)C(=O)O1. The number of amides is 3. The van der Waals surface area contributed by atoms with E-state index in [4.69, 9.17) is 9.84 Å². The van der Waals surface area contributed by atoms with Gasteiger partial charge in [-0.05, 0) is 30.3 Å². The molecule has 33 heavy (non-hydrogen) atoms. The minimum absolute atomic E-state index is 0.00467. The van der Waals surface area contributed by atoms with Crippen LogP contribution in [0.3, 0.4) is 0 Å². The van der Waals surface area contributed by atoms with Gasteiger partial charge in [-0.3, -0.25) is 14.5 Å². The highest BCUT2D eigenvalue weighted by Gasteiger charge is 2.36. The lowest BCUT2D eigenvalue weighted by molar-refractivity contribution is -0.134. The highest BCUT2D eigenvalue weighted by atomic mass is 19.1. The number of aliphatic hydroxyl groups excluding tert-OH is 1. The van der Waals surface area contributed by atoms with Crippen molar-refractivity contribution in [1.82, 2.24) is 15.2 Å². The Bertz CT molecular complexity index is 1060. The van der Waals surface area contributed by atoms with E-state index in [0.29, 0.717) is 48.8 Å². The maximum atomic E-state index is 14.9. The number of benzene rings is 1. The van der Waals surface area contributed by atoms with Crippen molar-refractivity contribution in [3.63, 3.8) is 0 Å². The van der Waals surface area contributed by atoms with Crippen molar-refractivity contribution in [1.29, 1.82) is 0 Å². The topological polar surface area (TPSA) is 115 Å². The van der Waals surface area contributed by atoms with E-state index in [9.17, 15) is 18.8 Å². The Hall–Kier alpha value is -3.73. The smallest absolute Gasteiger partial charge is 0.415 e. The van der Waals surface area contributed by atoms with Gasteiger partial charge in [0.05, 0.1) is 12.2 Å². The molecule has 10 nitrogen and oxygen atoms in total. The average Bonchev–Trinajstić information content (AvgIpc) is 3.24. The number of piperazine rings is 1. The van der Waals surface area contributed by atoms with Crippen molar-refractivity contribution in [2.24, 2.45) is 0 Å². The van der Waals surface area contributed by atoms with Crippen molar-refractivity contribution < 1.29 is 28.6 Å². The van der Waals surface area contributed by atoms with Crippen LogP contribution in [0.25, 0.3) is 11.1 Å². The second kappa shape index (κ2) is 9.41. The summed E-state index contributed by atoms with van der Waals surface area (Å²) >= 11 is 0. The molecule has 11 heteroatoms. The summed E-state index contributed by atoms with van der Waals surface area (Å²) in [6.07, 6.45) is -0.0714. The summed E-state index contributed by atoms with van der Waals surface area (Å²) in [5.74, 6) is -0.528. The third kappa shape index (κ3) is 4.58.